The Balaban J connectivity index is 1.75. The second-order valence-electron chi connectivity index (χ2n) is 8.32. The van der Waals surface area contributed by atoms with Gasteiger partial charge in [0.15, 0.2) is 0 Å². The van der Waals surface area contributed by atoms with Gasteiger partial charge in [-0.1, -0.05) is 6.42 Å². The fraction of sp³-hybridized carbons (Fsp3) is 0.632. The molecule has 1 aromatic rings. The number of primary amides is 2. The van der Waals surface area contributed by atoms with Crippen molar-refractivity contribution in [1.82, 2.24) is 4.98 Å². The number of nitrogens with zero attached hydrogens (tertiary/aromatic N) is 2. The smallest absolute Gasteiger partial charge is 0.282 e. The van der Waals surface area contributed by atoms with Crippen LogP contribution in [0.1, 0.15) is 54.6 Å². The Morgan fingerprint density at radius 3 is 2.39 bits per heavy atom. The van der Waals surface area contributed by atoms with Crippen LogP contribution in [-0.2, 0) is 10.2 Å². The fourth-order valence-electron chi connectivity index (χ4n) is 4.05. The molecule has 1 saturated heterocycles. The van der Waals surface area contributed by atoms with Crippen molar-refractivity contribution in [2.45, 2.75) is 49.9 Å². The number of carbonyl (C=O) groups excluding carboxylic acids is 2. The number of nitrogens with two attached hydrogens (primary N) is 2. The first-order chi connectivity index (χ1) is 13.2. The number of pyridine rings is 1. The van der Waals surface area contributed by atoms with Crippen LogP contribution in [0.3, 0.4) is 0 Å². The van der Waals surface area contributed by atoms with Crippen molar-refractivity contribution < 1.29 is 23.1 Å². The summed E-state index contributed by atoms with van der Waals surface area (Å²) in [5, 5.41) is 0. The minimum absolute atomic E-state index is 0.0304. The van der Waals surface area contributed by atoms with Gasteiger partial charge in [-0.25, -0.2) is 13.8 Å². The molecule has 4 N–H and O–H groups in total. The summed E-state index contributed by atoms with van der Waals surface area (Å²) in [6.45, 7) is -0.451. The Hall–Kier alpha value is -2.45. The summed E-state index contributed by atoms with van der Waals surface area (Å²) in [4.78, 5) is 29.6. The van der Waals surface area contributed by atoms with E-state index in [1.165, 1.54) is 4.90 Å². The van der Waals surface area contributed by atoms with E-state index in [9.17, 15) is 18.4 Å². The lowest BCUT2D eigenvalue weighted by molar-refractivity contribution is -0.120. The molecular formula is C19H24F2N4O3. The predicted molar refractivity (Wildman–Crippen MR) is 97.5 cm³/mol. The van der Waals surface area contributed by atoms with E-state index in [4.69, 9.17) is 16.2 Å². The maximum atomic E-state index is 13.5. The Bertz CT molecular complexity index is 814. The number of rotatable bonds is 8. The first-order valence-corrected chi connectivity index (χ1v) is 9.58. The van der Waals surface area contributed by atoms with Gasteiger partial charge in [-0.05, 0) is 43.2 Å². The van der Waals surface area contributed by atoms with E-state index in [0.29, 0.717) is 36.6 Å². The number of amides is 2. The zero-order chi connectivity index (χ0) is 20.1. The van der Waals surface area contributed by atoms with Crippen LogP contribution in [0.25, 0.3) is 0 Å². The molecule has 4 rings (SSSR count). The minimum Gasteiger partial charge on any atom is -0.476 e. The average Bonchev–Trinajstić information content (AvgIpc) is 3.37. The quantitative estimate of drug-likeness (QED) is 0.697. The molecule has 2 amide bonds. The highest BCUT2D eigenvalue weighted by atomic mass is 19.3. The second-order valence-corrected chi connectivity index (χ2v) is 8.32. The Morgan fingerprint density at radius 2 is 1.93 bits per heavy atom. The Morgan fingerprint density at radius 1 is 1.25 bits per heavy atom. The summed E-state index contributed by atoms with van der Waals surface area (Å²) < 4.78 is 32.7. The molecule has 2 heterocycles. The van der Waals surface area contributed by atoms with Gasteiger partial charge in [0.2, 0.25) is 11.8 Å². The number of carbonyl (C=O) groups is 2. The van der Waals surface area contributed by atoms with Gasteiger partial charge in [0.1, 0.15) is 11.4 Å². The molecule has 152 valence electrons. The summed E-state index contributed by atoms with van der Waals surface area (Å²) in [6.07, 6.45) is 4.38. The summed E-state index contributed by atoms with van der Waals surface area (Å²) in [5.74, 6) is -3.41. The summed E-state index contributed by atoms with van der Waals surface area (Å²) >= 11 is 0. The van der Waals surface area contributed by atoms with Crippen molar-refractivity contribution in [3.8, 4) is 5.88 Å². The van der Waals surface area contributed by atoms with E-state index >= 15 is 0 Å². The third-order valence-corrected chi connectivity index (χ3v) is 5.93. The van der Waals surface area contributed by atoms with Crippen LogP contribution in [0.5, 0.6) is 5.88 Å². The van der Waals surface area contributed by atoms with E-state index in [0.717, 1.165) is 19.3 Å². The molecule has 2 aliphatic carbocycles. The minimum atomic E-state index is -2.77. The van der Waals surface area contributed by atoms with E-state index in [1.807, 2.05) is 0 Å². The summed E-state index contributed by atoms with van der Waals surface area (Å²) in [7, 11) is 0. The second kappa shape index (κ2) is 6.56. The number of anilines is 1. The maximum Gasteiger partial charge on any atom is 0.282 e. The van der Waals surface area contributed by atoms with Crippen LogP contribution in [0.4, 0.5) is 14.5 Å². The molecule has 2 saturated carbocycles. The maximum absolute atomic E-state index is 13.5. The van der Waals surface area contributed by atoms with E-state index in [2.05, 4.69) is 4.98 Å². The van der Waals surface area contributed by atoms with Crippen LogP contribution in [0, 0.1) is 5.92 Å². The average molecular weight is 394 g/mol. The van der Waals surface area contributed by atoms with E-state index in [1.54, 1.807) is 6.07 Å². The van der Waals surface area contributed by atoms with Gasteiger partial charge in [0.25, 0.3) is 11.8 Å². The highest BCUT2D eigenvalue weighted by molar-refractivity contribution is 5.94. The Kier molecular flexibility index (Phi) is 4.43. The van der Waals surface area contributed by atoms with Crippen LogP contribution in [0.2, 0.25) is 0 Å². The molecule has 0 radical (unpaired) electrons. The largest absolute Gasteiger partial charge is 0.476 e. The standard InChI is InChI=1S/C19H24F2N4O3/c20-19(21)9-25(10-19)13-6-12(18(4-1-5-18)7-14(22)26)15(16(23)27)24-17(13)28-8-11-2-3-11/h6,11H,1-5,7-10H2,(H2,22,26)(H2,23,27). The molecule has 1 aromatic heterocycles. The number of aromatic nitrogens is 1. The van der Waals surface area contributed by atoms with Crippen LogP contribution in [0.15, 0.2) is 6.07 Å². The molecule has 9 heteroatoms. The predicted octanol–water partition coefficient (Wildman–Crippen LogP) is 1.72. The van der Waals surface area contributed by atoms with Gasteiger partial charge in [-0.2, -0.15) is 0 Å². The van der Waals surface area contributed by atoms with E-state index in [-0.39, 0.29) is 18.0 Å². The molecule has 1 aliphatic heterocycles. The molecule has 0 unspecified atom stereocenters. The van der Waals surface area contributed by atoms with Gasteiger partial charge in [-0.3, -0.25) is 9.59 Å². The van der Waals surface area contributed by atoms with Crippen molar-refractivity contribution in [3.05, 3.63) is 17.3 Å². The lowest BCUT2D eigenvalue weighted by Gasteiger charge is -2.44. The molecular weight excluding hydrogens is 370 g/mol. The molecule has 0 spiro atoms. The molecule has 0 aromatic carbocycles. The van der Waals surface area contributed by atoms with Crippen LogP contribution < -0.4 is 21.1 Å². The third kappa shape index (κ3) is 3.49. The molecule has 28 heavy (non-hydrogen) atoms. The van der Waals surface area contributed by atoms with Gasteiger partial charge in [-0.15, -0.1) is 0 Å². The van der Waals surface area contributed by atoms with Crippen LogP contribution in [-0.4, -0.2) is 42.4 Å². The van der Waals surface area contributed by atoms with E-state index < -0.39 is 36.2 Å². The Labute approximate surface area is 161 Å². The zero-order valence-electron chi connectivity index (χ0n) is 15.5. The molecule has 0 bridgehead atoms. The number of ether oxygens (including phenoxy) is 1. The van der Waals surface area contributed by atoms with Crippen molar-refractivity contribution in [2.75, 3.05) is 24.6 Å². The van der Waals surface area contributed by atoms with Crippen molar-refractivity contribution in [3.63, 3.8) is 0 Å². The lowest BCUT2D eigenvalue weighted by atomic mass is 9.62. The summed E-state index contributed by atoms with van der Waals surface area (Å²) in [5.41, 5.74) is 11.3. The fourth-order valence-corrected chi connectivity index (χ4v) is 4.05. The van der Waals surface area contributed by atoms with Gasteiger partial charge in [0.05, 0.1) is 19.7 Å². The highest BCUT2D eigenvalue weighted by Gasteiger charge is 2.47. The number of hydrogen-bond donors (Lipinski definition) is 2. The number of alkyl halides is 2. The molecule has 3 aliphatic rings. The van der Waals surface area contributed by atoms with Gasteiger partial charge < -0.3 is 21.1 Å². The van der Waals surface area contributed by atoms with Gasteiger partial charge >= 0.3 is 0 Å². The highest BCUT2D eigenvalue weighted by Crippen LogP contribution is 2.50. The normalized spacial score (nSPS) is 22.1. The third-order valence-electron chi connectivity index (χ3n) is 5.93. The topological polar surface area (TPSA) is 112 Å². The molecule has 7 nitrogen and oxygen atoms in total. The molecule has 0 atom stereocenters. The monoisotopic (exact) mass is 394 g/mol. The van der Waals surface area contributed by atoms with Crippen LogP contribution >= 0.6 is 0 Å². The number of halogens is 2. The van der Waals surface area contributed by atoms with Crippen molar-refractivity contribution >= 4 is 17.5 Å². The van der Waals surface area contributed by atoms with Crippen molar-refractivity contribution in [1.29, 1.82) is 0 Å². The molecule has 3 fully saturated rings. The first kappa shape index (κ1) is 18.9. The number of hydrogen-bond acceptors (Lipinski definition) is 5. The lowest BCUT2D eigenvalue weighted by Crippen LogP contribution is -2.56. The zero-order valence-corrected chi connectivity index (χ0v) is 15.5. The van der Waals surface area contributed by atoms with Gasteiger partial charge in [0, 0.05) is 11.8 Å². The SMILES string of the molecule is NC(=O)CC1(c2cc(N3CC(F)(F)C3)c(OCC3CC3)nc2C(N)=O)CCC1. The van der Waals surface area contributed by atoms with Crippen molar-refractivity contribution in [2.24, 2.45) is 17.4 Å². The first-order valence-electron chi connectivity index (χ1n) is 9.58. The summed E-state index contributed by atoms with van der Waals surface area (Å²) in [6, 6.07) is 1.66.